The van der Waals surface area contributed by atoms with Crippen LogP contribution in [-0.2, 0) is 10.5 Å². The summed E-state index contributed by atoms with van der Waals surface area (Å²) in [6.07, 6.45) is 1.85. The molecule has 4 rings (SSSR count). The minimum Gasteiger partial charge on any atom is -0.266 e. The summed E-state index contributed by atoms with van der Waals surface area (Å²) < 4.78 is 0. The number of nitrogens with zero attached hydrogens (tertiary/aromatic N) is 2. The van der Waals surface area contributed by atoms with E-state index in [-0.39, 0.29) is 5.91 Å². The molecule has 0 aliphatic carbocycles. The molecule has 0 spiro atoms. The van der Waals surface area contributed by atoms with Crippen molar-refractivity contribution >= 4 is 46.2 Å². The summed E-state index contributed by atoms with van der Waals surface area (Å²) in [7, 11) is 0. The van der Waals surface area contributed by atoms with Crippen molar-refractivity contribution in [3.63, 3.8) is 0 Å². The van der Waals surface area contributed by atoms with Gasteiger partial charge in [-0.15, -0.1) is 0 Å². The van der Waals surface area contributed by atoms with Crippen molar-refractivity contribution in [2.75, 3.05) is 4.90 Å². The molecule has 1 aliphatic rings. The van der Waals surface area contributed by atoms with Crippen molar-refractivity contribution in [2.45, 2.75) is 19.6 Å². The average molecular weight is 433 g/mol. The number of hydrogen-bond acceptors (Lipinski definition) is 3. The third-order valence-electron chi connectivity index (χ3n) is 4.75. The van der Waals surface area contributed by atoms with Gasteiger partial charge in [0.05, 0.1) is 5.69 Å². The van der Waals surface area contributed by atoms with Crippen molar-refractivity contribution in [2.24, 2.45) is 4.99 Å². The van der Waals surface area contributed by atoms with E-state index >= 15 is 0 Å². The van der Waals surface area contributed by atoms with E-state index in [0.717, 1.165) is 22.4 Å². The van der Waals surface area contributed by atoms with Gasteiger partial charge in [-0.25, -0.2) is 4.99 Å². The average Bonchev–Trinajstić information content (AvgIpc) is 3.04. The van der Waals surface area contributed by atoms with Crippen LogP contribution in [0.2, 0.25) is 5.02 Å². The lowest BCUT2D eigenvalue weighted by Gasteiger charge is -2.18. The molecule has 0 fully saturated rings. The van der Waals surface area contributed by atoms with E-state index in [9.17, 15) is 4.79 Å². The number of anilines is 1. The van der Waals surface area contributed by atoms with Gasteiger partial charge in [-0.2, -0.15) is 0 Å². The lowest BCUT2D eigenvalue weighted by molar-refractivity contribution is -0.113. The second-order valence-corrected chi connectivity index (χ2v) is 8.61. The summed E-state index contributed by atoms with van der Waals surface area (Å²) in [6.45, 7) is 4.06. The number of amidine groups is 1. The van der Waals surface area contributed by atoms with Gasteiger partial charge in [0.15, 0.2) is 5.17 Å². The summed E-state index contributed by atoms with van der Waals surface area (Å²) >= 11 is 7.53. The van der Waals surface area contributed by atoms with Crippen LogP contribution in [0, 0.1) is 13.8 Å². The maximum Gasteiger partial charge on any atom is 0.283 e. The van der Waals surface area contributed by atoms with Crippen molar-refractivity contribution in [3.05, 3.63) is 106 Å². The summed E-state index contributed by atoms with van der Waals surface area (Å²) in [6, 6.07) is 23.7. The van der Waals surface area contributed by atoms with E-state index in [1.807, 2.05) is 92.7 Å². The van der Waals surface area contributed by atoms with E-state index in [4.69, 9.17) is 16.6 Å². The number of hydrogen-bond donors (Lipinski definition) is 0. The molecule has 0 aromatic heterocycles. The number of rotatable bonds is 4. The van der Waals surface area contributed by atoms with Gasteiger partial charge in [-0.1, -0.05) is 77.5 Å². The van der Waals surface area contributed by atoms with Gasteiger partial charge in [-0.05, 0) is 60.9 Å². The van der Waals surface area contributed by atoms with Gasteiger partial charge < -0.3 is 0 Å². The molecule has 3 nitrogen and oxygen atoms in total. The zero-order valence-electron chi connectivity index (χ0n) is 16.8. The van der Waals surface area contributed by atoms with Crippen LogP contribution in [-0.4, -0.2) is 11.1 Å². The van der Waals surface area contributed by atoms with Gasteiger partial charge >= 0.3 is 0 Å². The smallest absolute Gasteiger partial charge is 0.266 e. The fourth-order valence-electron chi connectivity index (χ4n) is 3.14. The first kappa shape index (κ1) is 20.5. The molecule has 0 unspecified atom stereocenters. The fourth-order valence-corrected chi connectivity index (χ4v) is 4.23. The Morgan fingerprint density at radius 1 is 0.967 bits per heavy atom. The van der Waals surface area contributed by atoms with E-state index in [1.165, 1.54) is 5.56 Å². The first-order chi connectivity index (χ1) is 14.5. The third kappa shape index (κ3) is 4.66. The quantitative estimate of drug-likeness (QED) is 0.433. The molecular formula is C25H21ClN2OS. The number of thioether (sulfide) groups is 1. The number of benzene rings is 3. The molecule has 150 valence electrons. The number of halogens is 1. The summed E-state index contributed by atoms with van der Waals surface area (Å²) in [4.78, 5) is 19.7. The van der Waals surface area contributed by atoms with E-state index in [2.05, 4.69) is 0 Å². The van der Waals surface area contributed by atoms with Gasteiger partial charge in [-0.3, -0.25) is 9.69 Å². The summed E-state index contributed by atoms with van der Waals surface area (Å²) in [5.74, 6) is 0.587. The first-order valence-electron chi connectivity index (χ1n) is 9.65. The minimum absolute atomic E-state index is 0.111. The predicted octanol–water partition coefficient (Wildman–Crippen LogP) is 6.63. The van der Waals surface area contributed by atoms with Crippen LogP contribution in [0.15, 0.2) is 83.5 Å². The highest BCUT2D eigenvalue weighted by molar-refractivity contribution is 8.13. The van der Waals surface area contributed by atoms with Crippen LogP contribution in [0.5, 0.6) is 0 Å². The molecule has 5 heteroatoms. The van der Waals surface area contributed by atoms with Crippen LogP contribution in [0.1, 0.15) is 22.3 Å². The molecule has 0 saturated heterocycles. The standard InChI is InChI=1S/C25H21ClN2OS/c1-17-6-8-19(9-7-17)15-23-24(29)28(22-5-3-4-18(2)14-22)25(27-23)30-16-20-10-12-21(26)13-11-20/h3-15H,16H2,1-2H3/b23-15-. The lowest BCUT2D eigenvalue weighted by Crippen LogP contribution is -2.30. The van der Waals surface area contributed by atoms with Crippen LogP contribution in [0.4, 0.5) is 5.69 Å². The minimum atomic E-state index is -0.111. The summed E-state index contributed by atoms with van der Waals surface area (Å²) in [5, 5.41) is 1.39. The summed E-state index contributed by atoms with van der Waals surface area (Å²) in [5.41, 5.74) is 5.63. The van der Waals surface area contributed by atoms with E-state index in [0.29, 0.717) is 21.6 Å². The number of carbonyl (C=O) groups excluding carboxylic acids is 1. The lowest BCUT2D eigenvalue weighted by atomic mass is 10.1. The Morgan fingerprint density at radius 2 is 1.70 bits per heavy atom. The van der Waals surface area contributed by atoms with Crippen LogP contribution >= 0.6 is 23.4 Å². The molecule has 0 radical (unpaired) electrons. The predicted molar refractivity (Wildman–Crippen MR) is 128 cm³/mol. The molecule has 0 saturated carbocycles. The Balaban J connectivity index is 1.66. The van der Waals surface area contributed by atoms with Crippen molar-refractivity contribution in [3.8, 4) is 0 Å². The number of aliphatic imine (C=N–C) groups is 1. The van der Waals surface area contributed by atoms with Crippen LogP contribution in [0.3, 0.4) is 0 Å². The fraction of sp³-hybridized carbons (Fsp3) is 0.120. The monoisotopic (exact) mass is 432 g/mol. The number of carbonyl (C=O) groups is 1. The molecule has 1 aliphatic heterocycles. The Morgan fingerprint density at radius 3 is 2.40 bits per heavy atom. The molecule has 0 bridgehead atoms. The molecule has 0 atom stereocenters. The molecule has 3 aromatic carbocycles. The normalized spacial score (nSPS) is 15.0. The molecular weight excluding hydrogens is 412 g/mol. The maximum absolute atomic E-state index is 13.3. The highest BCUT2D eigenvalue weighted by atomic mass is 35.5. The van der Waals surface area contributed by atoms with Crippen molar-refractivity contribution in [1.82, 2.24) is 0 Å². The largest absolute Gasteiger partial charge is 0.283 e. The van der Waals surface area contributed by atoms with Gasteiger partial charge in [0.25, 0.3) is 5.91 Å². The zero-order chi connectivity index (χ0) is 21.1. The molecule has 30 heavy (non-hydrogen) atoms. The molecule has 3 aromatic rings. The van der Waals surface area contributed by atoms with Gasteiger partial charge in [0.2, 0.25) is 0 Å². The molecule has 1 heterocycles. The van der Waals surface area contributed by atoms with E-state index < -0.39 is 0 Å². The van der Waals surface area contributed by atoms with Gasteiger partial charge in [0, 0.05) is 10.8 Å². The Hall–Kier alpha value is -2.82. The van der Waals surface area contributed by atoms with Crippen molar-refractivity contribution in [1.29, 1.82) is 0 Å². The number of aryl methyl sites for hydroxylation is 2. The Bertz CT molecular complexity index is 1130. The Labute approximate surface area is 186 Å². The SMILES string of the molecule is Cc1ccc(/C=C2\N=C(SCc3ccc(Cl)cc3)N(c3cccc(C)c3)C2=O)cc1. The topological polar surface area (TPSA) is 32.7 Å². The highest BCUT2D eigenvalue weighted by Gasteiger charge is 2.32. The number of amides is 1. The molecule has 1 amide bonds. The first-order valence-corrected chi connectivity index (χ1v) is 11.0. The second-order valence-electron chi connectivity index (χ2n) is 7.23. The maximum atomic E-state index is 13.3. The Kier molecular flexibility index (Phi) is 6.07. The zero-order valence-corrected chi connectivity index (χ0v) is 18.4. The highest BCUT2D eigenvalue weighted by Crippen LogP contribution is 2.31. The second kappa shape index (κ2) is 8.90. The third-order valence-corrected chi connectivity index (χ3v) is 6.01. The van der Waals surface area contributed by atoms with E-state index in [1.54, 1.807) is 16.7 Å². The van der Waals surface area contributed by atoms with Crippen molar-refractivity contribution < 1.29 is 4.79 Å². The molecule has 0 N–H and O–H groups in total. The van der Waals surface area contributed by atoms with Crippen LogP contribution < -0.4 is 4.90 Å². The van der Waals surface area contributed by atoms with Crippen LogP contribution in [0.25, 0.3) is 6.08 Å². The van der Waals surface area contributed by atoms with Gasteiger partial charge in [0.1, 0.15) is 5.70 Å².